The standard InChI is InChI=1S/C15H12F3N3O3/c1-8(22)11(6-19)13(23)12(7-20)14(24)21-10-4-2-9(3-5-10)15(16,17)18/h2-6,23H,19H2,1H3,(H,21,24)/b11-6+,13-12-. The minimum atomic E-state index is -4.53. The molecular weight excluding hydrogens is 327 g/mol. The van der Waals surface area contributed by atoms with Crippen molar-refractivity contribution in [2.45, 2.75) is 13.1 Å². The van der Waals surface area contributed by atoms with Gasteiger partial charge in [0, 0.05) is 11.9 Å². The van der Waals surface area contributed by atoms with Crippen LogP contribution in [0.5, 0.6) is 0 Å². The summed E-state index contributed by atoms with van der Waals surface area (Å²) in [6, 6.07) is 4.87. The summed E-state index contributed by atoms with van der Waals surface area (Å²) in [7, 11) is 0. The summed E-state index contributed by atoms with van der Waals surface area (Å²) in [5, 5.41) is 20.9. The van der Waals surface area contributed by atoms with Crippen molar-refractivity contribution in [3.63, 3.8) is 0 Å². The number of ketones is 1. The van der Waals surface area contributed by atoms with E-state index < -0.39 is 40.3 Å². The molecule has 0 aliphatic rings. The Kier molecular flexibility index (Phi) is 5.73. The summed E-state index contributed by atoms with van der Waals surface area (Å²) in [4.78, 5) is 23.2. The number of aliphatic hydroxyl groups is 1. The zero-order valence-corrected chi connectivity index (χ0v) is 12.3. The Morgan fingerprint density at radius 1 is 1.29 bits per heavy atom. The van der Waals surface area contributed by atoms with Gasteiger partial charge in [0.25, 0.3) is 5.91 Å². The van der Waals surface area contributed by atoms with Crippen molar-refractivity contribution in [2.75, 3.05) is 5.32 Å². The maximum absolute atomic E-state index is 12.5. The van der Waals surface area contributed by atoms with Crippen molar-refractivity contribution in [1.29, 1.82) is 5.26 Å². The smallest absolute Gasteiger partial charge is 0.416 e. The largest absolute Gasteiger partial charge is 0.506 e. The first-order valence-electron chi connectivity index (χ1n) is 6.37. The van der Waals surface area contributed by atoms with E-state index in [1.54, 1.807) is 0 Å². The number of amides is 1. The van der Waals surface area contributed by atoms with Gasteiger partial charge in [0.15, 0.2) is 17.1 Å². The molecule has 4 N–H and O–H groups in total. The zero-order chi connectivity index (χ0) is 18.5. The maximum atomic E-state index is 12.5. The highest BCUT2D eigenvalue weighted by Gasteiger charge is 2.30. The summed E-state index contributed by atoms with van der Waals surface area (Å²) in [6.07, 6.45) is -3.79. The fourth-order valence-corrected chi connectivity index (χ4v) is 1.65. The van der Waals surface area contributed by atoms with Crippen LogP contribution < -0.4 is 11.1 Å². The number of nitrogens with one attached hydrogen (secondary N) is 1. The number of carbonyl (C=O) groups excluding carboxylic acids is 2. The summed E-state index contributed by atoms with van der Waals surface area (Å²) in [6.45, 7) is 1.07. The third kappa shape index (κ3) is 4.36. The van der Waals surface area contributed by atoms with Gasteiger partial charge in [-0.1, -0.05) is 0 Å². The number of carbonyl (C=O) groups is 2. The Morgan fingerprint density at radius 3 is 2.21 bits per heavy atom. The van der Waals surface area contributed by atoms with Crippen LogP contribution in [0.15, 0.2) is 47.4 Å². The Bertz CT molecular complexity index is 757. The average molecular weight is 339 g/mol. The molecule has 1 rings (SSSR count). The van der Waals surface area contributed by atoms with Crippen molar-refractivity contribution in [1.82, 2.24) is 0 Å². The topological polar surface area (TPSA) is 116 Å². The molecule has 9 heteroatoms. The fourth-order valence-electron chi connectivity index (χ4n) is 1.65. The van der Waals surface area contributed by atoms with Gasteiger partial charge in [0.2, 0.25) is 0 Å². The number of allylic oxidation sites excluding steroid dienone is 1. The van der Waals surface area contributed by atoms with Gasteiger partial charge in [-0.2, -0.15) is 18.4 Å². The molecule has 1 amide bonds. The lowest BCUT2D eigenvalue weighted by Gasteiger charge is -2.09. The molecule has 24 heavy (non-hydrogen) atoms. The van der Waals surface area contributed by atoms with E-state index >= 15 is 0 Å². The van der Waals surface area contributed by atoms with Crippen LogP contribution >= 0.6 is 0 Å². The third-order valence-electron chi connectivity index (χ3n) is 2.85. The van der Waals surface area contributed by atoms with E-state index in [1.807, 2.05) is 0 Å². The lowest BCUT2D eigenvalue weighted by Crippen LogP contribution is -2.17. The molecule has 0 spiro atoms. The molecule has 0 unspecified atom stereocenters. The van der Waals surface area contributed by atoms with Gasteiger partial charge in [0.05, 0.1) is 11.1 Å². The summed E-state index contributed by atoms with van der Waals surface area (Å²) >= 11 is 0. The predicted octanol–water partition coefficient (Wildman–Crippen LogP) is 2.41. The van der Waals surface area contributed by atoms with Gasteiger partial charge in [0.1, 0.15) is 6.07 Å². The quantitative estimate of drug-likeness (QED) is 0.337. The van der Waals surface area contributed by atoms with Gasteiger partial charge >= 0.3 is 6.18 Å². The van der Waals surface area contributed by atoms with E-state index in [0.717, 1.165) is 37.4 Å². The van der Waals surface area contributed by atoms with E-state index in [4.69, 9.17) is 11.0 Å². The summed E-state index contributed by atoms with van der Waals surface area (Å²) in [5.74, 6) is -2.70. The maximum Gasteiger partial charge on any atom is 0.416 e. The van der Waals surface area contributed by atoms with Gasteiger partial charge in [-0.25, -0.2) is 0 Å². The molecule has 126 valence electrons. The number of halogens is 3. The number of Topliss-reactive ketones (excluding diaryl/α,β-unsaturated/α-hetero) is 1. The Morgan fingerprint density at radius 2 is 1.83 bits per heavy atom. The summed E-state index contributed by atoms with van der Waals surface area (Å²) in [5.41, 5.74) is 2.97. The molecule has 6 nitrogen and oxygen atoms in total. The van der Waals surface area contributed by atoms with E-state index in [-0.39, 0.29) is 5.69 Å². The molecular formula is C15H12F3N3O3. The predicted molar refractivity (Wildman–Crippen MR) is 78.3 cm³/mol. The monoisotopic (exact) mass is 339 g/mol. The van der Waals surface area contributed by atoms with Crippen molar-refractivity contribution >= 4 is 17.4 Å². The number of benzene rings is 1. The molecule has 1 aromatic carbocycles. The number of nitriles is 1. The van der Waals surface area contributed by atoms with Crippen molar-refractivity contribution in [3.8, 4) is 6.07 Å². The molecule has 0 aliphatic heterocycles. The number of nitrogens with zero attached hydrogens (tertiary/aromatic N) is 1. The number of hydrogen-bond acceptors (Lipinski definition) is 5. The van der Waals surface area contributed by atoms with Crippen LogP contribution in [0, 0.1) is 11.3 Å². The highest BCUT2D eigenvalue weighted by molar-refractivity contribution is 6.09. The van der Waals surface area contributed by atoms with E-state index in [0.29, 0.717) is 0 Å². The molecule has 0 radical (unpaired) electrons. The van der Waals surface area contributed by atoms with E-state index in [9.17, 15) is 27.9 Å². The van der Waals surface area contributed by atoms with Crippen LogP contribution in [0.25, 0.3) is 0 Å². The molecule has 0 saturated heterocycles. The number of anilines is 1. The van der Waals surface area contributed by atoms with Crippen LogP contribution in [0.4, 0.5) is 18.9 Å². The number of alkyl halides is 3. The van der Waals surface area contributed by atoms with E-state index in [2.05, 4.69) is 5.32 Å². The lowest BCUT2D eigenvalue weighted by atomic mass is 10.1. The van der Waals surface area contributed by atoms with Crippen molar-refractivity contribution in [2.24, 2.45) is 5.73 Å². The van der Waals surface area contributed by atoms with E-state index in [1.165, 1.54) is 6.07 Å². The minimum Gasteiger partial charge on any atom is -0.506 e. The van der Waals surface area contributed by atoms with Crippen LogP contribution in [0.3, 0.4) is 0 Å². The second-order valence-corrected chi connectivity index (χ2v) is 4.50. The first-order chi connectivity index (χ1) is 11.1. The van der Waals surface area contributed by atoms with Crippen LogP contribution in [0.2, 0.25) is 0 Å². The Labute approximate surface area is 134 Å². The first kappa shape index (κ1) is 18.8. The molecule has 1 aromatic rings. The normalized spacial score (nSPS) is 12.9. The average Bonchev–Trinajstić information content (AvgIpc) is 2.47. The van der Waals surface area contributed by atoms with Gasteiger partial charge < -0.3 is 16.2 Å². The lowest BCUT2D eigenvalue weighted by molar-refractivity contribution is -0.137. The van der Waals surface area contributed by atoms with Crippen molar-refractivity contribution < 1.29 is 27.9 Å². The number of hydrogen-bond donors (Lipinski definition) is 3. The molecule has 0 aromatic heterocycles. The Balaban J connectivity index is 3.09. The van der Waals surface area contributed by atoms with Gasteiger partial charge in [-0.3, -0.25) is 9.59 Å². The molecule has 0 aliphatic carbocycles. The third-order valence-corrected chi connectivity index (χ3v) is 2.85. The van der Waals surface area contributed by atoms with Gasteiger partial charge in [-0.05, 0) is 31.2 Å². The highest BCUT2D eigenvalue weighted by atomic mass is 19.4. The molecule has 0 fully saturated rings. The highest BCUT2D eigenvalue weighted by Crippen LogP contribution is 2.29. The second kappa shape index (κ2) is 7.32. The molecule has 0 heterocycles. The Hall–Kier alpha value is -3.28. The molecule has 0 atom stereocenters. The number of aliphatic hydroxyl groups excluding tert-OH is 1. The number of rotatable bonds is 4. The molecule has 0 bridgehead atoms. The summed E-state index contributed by atoms with van der Waals surface area (Å²) < 4.78 is 37.4. The zero-order valence-electron chi connectivity index (χ0n) is 12.3. The van der Waals surface area contributed by atoms with Crippen LogP contribution in [-0.4, -0.2) is 16.8 Å². The first-order valence-corrected chi connectivity index (χ1v) is 6.37. The SMILES string of the molecule is CC(=O)C(=C\N)/C(O)=C(\C#N)C(=O)Nc1ccc(C(F)(F)F)cc1. The van der Waals surface area contributed by atoms with Crippen molar-refractivity contribution in [3.05, 3.63) is 52.9 Å². The number of nitrogens with two attached hydrogens (primary N) is 1. The fraction of sp³-hybridized carbons (Fsp3) is 0.133. The van der Waals surface area contributed by atoms with Crippen LogP contribution in [-0.2, 0) is 15.8 Å². The minimum absolute atomic E-state index is 0.0327. The van der Waals surface area contributed by atoms with Crippen LogP contribution in [0.1, 0.15) is 12.5 Å². The second-order valence-electron chi connectivity index (χ2n) is 4.50. The van der Waals surface area contributed by atoms with Gasteiger partial charge in [-0.15, -0.1) is 0 Å². The molecule has 0 saturated carbocycles.